The number of thioether (sulfide) groups is 1. The van der Waals surface area contributed by atoms with Crippen LogP contribution in [0.2, 0.25) is 0 Å². The SMILES string of the molecule is CCOC(=O)C(CCSc1ccncc1)NC1CC1. The van der Waals surface area contributed by atoms with Crippen molar-refractivity contribution in [2.75, 3.05) is 12.4 Å². The van der Waals surface area contributed by atoms with E-state index in [-0.39, 0.29) is 12.0 Å². The van der Waals surface area contributed by atoms with E-state index in [9.17, 15) is 4.79 Å². The number of aromatic nitrogens is 1. The van der Waals surface area contributed by atoms with Gasteiger partial charge in [-0.15, -0.1) is 11.8 Å². The highest BCUT2D eigenvalue weighted by molar-refractivity contribution is 7.99. The molecule has 1 atom stereocenters. The lowest BCUT2D eigenvalue weighted by molar-refractivity contribution is -0.145. The highest BCUT2D eigenvalue weighted by Crippen LogP contribution is 2.22. The molecule has 104 valence electrons. The zero-order valence-corrected chi connectivity index (χ0v) is 12.0. The quantitative estimate of drug-likeness (QED) is 0.584. The van der Waals surface area contributed by atoms with Crippen molar-refractivity contribution >= 4 is 17.7 Å². The molecular weight excluding hydrogens is 260 g/mol. The second kappa shape index (κ2) is 7.50. The standard InChI is InChI=1S/C14H20N2O2S/c1-2-18-14(17)13(16-11-3-4-11)7-10-19-12-5-8-15-9-6-12/h5-6,8-9,11,13,16H,2-4,7,10H2,1H3. The fourth-order valence-electron chi connectivity index (χ4n) is 1.78. The van der Waals surface area contributed by atoms with Crippen molar-refractivity contribution in [3.05, 3.63) is 24.5 Å². The van der Waals surface area contributed by atoms with Gasteiger partial charge in [-0.1, -0.05) is 0 Å². The first-order chi connectivity index (χ1) is 9.29. The third-order valence-corrected chi connectivity index (χ3v) is 3.96. The molecule has 0 amide bonds. The van der Waals surface area contributed by atoms with Crippen molar-refractivity contribution in [2.24, 2.45) is 0 Å². The molecule has 1 aromatic heterocycles. The number of nitrogens with zero attached hydrogens (tertiary/aromatic N) is 1. The number of hydrogen-bond donors (Lipinski definition) is 1. The number of esters is 1. The number of pyridine rings is 1. The Kier molecular flexibility index (Phi) is 5.66. The first-order valence-electron chi connectivity index (χ1n) is 6.75. The number of hydrogen-bond acceptors (Lipinski definition) is 5. The van der Waals surface area contributed by atoms with Crippen LogP contribution in [0, 0.1) is 0 Å². The van der Waals surface area contributed by atoms with Crippen LogP contribution < -0.4 is 5.32 Å². The van der Waals surface area contributed by atoms with Crippen molar-refractivity contribution in [1.29, 1.82) is 0 Å². The van der Waals surface area contributed by atoms with E-state index in [1.165, 1.54) is 17.7 Å². The average Bonchev–Trinajstić information content (AvgIpc) is 3.23. The van der Waals surface area contributed by atoms with Crippen molar-refractivity contribution in [3.8, 4) is 0 Å². The fourth-order valence-corrected chi connectivity index (χ4v) is 2.68. The number of carbonyl (C=O) groups is 1. The van der Waals surface area contributed by atoms with E-state index in [1.54, 1.807) is 24.2 Å². The highest BCUT2D eigenvalue weighted by Gasteiger charge is 2.28. The normalized spacial score (nSPS) is 16.1. The van der Waals surface area contributed by atoms with Gasteiger partial charge in [0.1, 0.15) is 6.04 Å². The first-order valence-corrected chi connectivity index (χ1v) is 7.73. The molecule has 0 radical (unpaired) electrons. The molecule has 1 aromatic rings. The van der Waals surface area contributed by atoms with Gasteiger partial charge in [-0.2, -0.15) is 0 Å². The van der Waals surface area contributed by atoms with E-state index in [0.29, 0.717) is 12.6 Å². The summed E-state index contributed by atoms with van der Waals surface area (Å²) in [6.07, 6.45) is 6.71. The Balaban J connectivity index is 1.76. The molecular formula is C14H20N2O2S. The van der Waals surface area contributed by atoms with Crippen LogP contribution in [0.25, 0.3) is 0 Å². The summed E-state index contributed by atoms with van der Waals surface area (Å²) >= 11 is 1.74. The van der Waals surface area contributed by atoms with Crippen LogP contribution in [-0.4, -0.2) is 35.4 Å². The molecule has 0 bridgehead atoms. The van der Waals surface area contributed by atoms with Gasteiger partial charge in [-0.05, 0) is 38.3 Å². The van der Waals surface area contributed by atoms with Gasteiger partial charge in [0.05, 0.1) is 6.61 Å². The third-order valence-electron chi connectivity index (χ3n) is 2.91. The smallest absolute Gasteiger partial charge is 0.323 e. The zero-order chi connectivity index (χ0) is 13.5. The van der Waals surface area contributed by atoms with E-state index in [0.717, 1.165) is 12.2 Å². The van der Waals surface area contributed by atoms with Crippen LogP contribution in [0.5, 0.6) is 0 Å². The minimum Gasteiger partial charge on any atom is -0.465 e. The molecule has 1 N–H and O–H groups in total. The molecule has 1 aliphatic carbocycles. The highest BCUT2D eigenvalue weighted by atomic mass is 32.2. The number of ether oxygens (including phenoxy) is 1. The summed E-state index contributed by atoms with van der Waals surface area (Å²) in [5.74, 6) is 0.775. The van der Waals surface area contributed by atoms with Gasteiger partial charge in [-0.25, -0.2) is 0 Å². The Bertz CT molecular complexity index is 396. The predicted octanol–water partition coefficient (Wildman–Crippen LogP) is 2.25. The van der Waals surface area contributed by atoms with Crippen molar-refractivity contribution in [2.45, 2.75) is 43.2 Å². The van der Waals surface area contributed by atoms with Crippen LogP contribution in [0.1, 0.15) is 26.2 Å². The Labute approximate surface area is 118 Å². The van der Waals surface area contributed by atoms with Gasteiger partial charge in [0.25, 0.3) is 0 Å². The second-order valence-corrected chi connectivity index (χ2v) is 5.73. The van der Waals surface area contributed by atoms with Crippen molar-refractivity contribution in [1.82, 2.24) is 10.3 Å². The molecule has 1 aliphatic rings. The van der Waals surface area contributed by atoms with E-state index in [1.807, 2.05) is 19.1 Å². The topological polar surface area (TPSA) is 51.2 Å². The molecule has 19 heavy (non-hydrogen) atoms. The summed E-state index contributed by atoms with van der Waals surface area (Å²) in [5, 5.41) is 3.36. The van der Waals surface area contributed by atoms with E-state index in [4.69, 9.17) is 4.74 Å². The molecule has 2 rings (SSSR count). The summed E-state index contributed by atoms with van der Waals surface area (Å²) in [6.45, 7) is 2.29. The average molecular weight is 280 g/mol. The maximum atomic E-state index is 11.8. The molecule has 4 nitrogen and oxygen atoms in total. The van der Waals surface area contributed by atoms with E-state index in [2.05, 4.69) is 10.3 Å². The lowest BCUT2D eigenvalue weighted by Gasteiger charge is -2.16. The molecule has 1 heterocycles. The monoisotopic (exact) mass is 280 g/mol. The second-order valence-electron chi connectivity index (χ2n) is 4.57. The minimum absolute atomic E-state index is 0.121. The lowest BCUT2D eigenvalue weighted by Crippen LogP contribution is -2.39. The summed E-state index contributed by atoms with van der Waals surface area (Å²) in [6, 6.07) is 4.32. The molecule has 1 saturated carbocycles. The lowest BCUT2D eigenvalue weighted by atomic mass is 10.2. The first kappa shape index (κ1) is 14.3. The summed E-state index contributed by atoms with van der Waals surface area (Å²) in [7, 11) is 0. The van der Waals surface area contributed by atoms with Gasteiger partial charge >= 0.3 is 5.97 Å². The van der Waals surface area contributed by atoms with Crippen LogP contribution in [0.15, 0.2) is 29.4 Å². The summed E-state index contributed by atoms with van der Waals surface area (Å²) in [5.41, 5.74) is 0. The predicted molar refractivity (Wildman–Crippen MR) is 76.2 cm³/mol. The van der Waals surface area contributed by atoms with Crippen molar-refractivity contribution < 1.29 is 9.53 Å². The molecule has 1 fully saturated rings. The van der Waals surface area contributed by atoms with Crippen LogP contribution >= 0.6 is 11.8 Å². The van der Waals surface area contributed by atoms with Crippen LogP contribution in [0.4, 0.5) is 0 Å². The molecule has 0 spiro atoms. The summed E-state index contributed by atoms with van der Waals surface area (Å²) in [4.78, 5) is 17.0. The molecule has 0 aliphatic heterocycles. The maximum Gasteiger partial charge on any atom is 0.323 e. The van der Waals surface area contributed by atoms with Gasteiger partial charge < -0.3 is 10.1 Å². The number of nitrogens with one attached hydrogen (secondary N) is 1. The van der Waals surface area contributed by atoms with Gasteiger partial charge in [0.15, 0.2) is 0 Å². The minimum atomic E-state index is -0.165. The molecule has 0 saturated heterocycles. The Morgan fingerprint density at radius 1 is 1.53 bits per heavy atom. The Morgan fingerprint density at radius 2 is 2.26 bits per heavy atom. The van der Waals surface area contributed by atoms with Crippen LogP contribution in [-0.2, 0) is 9.53 Å². The molecule has 1 unspecified atom stereocenters. The largest absolute Gasteiger partial charge is 0.465 e. The van der Waals surface area contributed by atoms with Gasteiger partial charge in [-0.3, -0.25) is 9.78 Å². The number of rotatable bonds is 8. The molecule has 5 heteroatoms. The maximum absolute atomic E-state index is 11.8. The van der Waals surface area contributed by atoms with Crippen LogP contribution in [0.3, 0.4) is 0 Å². The van der Waals surface area contributed by atoms with E-state index < -0.39 is 0 Å². The van der Waals surface area contributed by atoms with Gasteiger partial charge in [0, 0.05) is 29.1 Å². The van der Waals surface area contributed by atoms with E-state index >= 15 is 0 Å². The zero-order valence-electron chi connectivity index (χ0n) is 11.2. The fraction of sp³-hybridized carbons (Fsp3) is 0.571. The third kappa shape index (κ3) is 5.20. The molecule has 0 aromatic carbocycles. The Hall–Kier alpha value is -1.07. The summed E-state index contributed by atoms with van der Waals surface area (Å²) < 4.78 is 5.11. The van der Waals surface area contributed by atoms with Gasteiger partial charge in [0.2, 0.25) is 0 Å². The van der Waals surface area contributed by atoms with Crippen molar-refractivity contribution in [3.63, 3.8) is 0 Å². The Morgan fingerprint density at radius 3 is 2.89 bits per heavy atom. The number of carbonyl (C=O) groups excluding carboxylic acids is 1.